The van der Waals surface area contributed by atoms with Gasteiger partial charge in [-0.3, -0.25) is 4.79 Å². The third kappa shape index (κ3) is 4.37. The molecule has 150 valence electrons. The van der Waals surface area contributed by atoms with Crippen molar-refractivity contribution in [3.8, 4) is 17.2 Å². The van der Waals surface area contributed by atoms with E-state index in [0.717, 1.165) is 5.56 Å². The van der Waals surface area contributed by atoms with Crippen LogP contribution in [0.25, 0.3) is 0 Å². The molecular weight excluding hydrogens is 384 g/mol. The number of fused-ring (bicyclic) bond motifs is 1. The molecule has 0 spiro atoms. The second-order valence-electron chi connectivity index (χ2n) is 6.38. The number of rotatable bonds is 7. The normalized spacial score (nSPS) is 13.8. The number of carbonyl (C=O) groups excluding carboxylic acids is 1. The van der Waals surface area contributed by atoms with Crippen LogP contribution in [-0.2, 0) is 21.4 Å². The van der Waals surface area contributed by atoms with Crippen LogP contribution in [0.5, 0.6) is 17.2 Å². The molecule has 1 aliphatic heterocycles. The standard InChI is InChI=1S/C19H22N2O6S/c1-12-8-15(5-7-16(12)25-3)28(23,24)21-13(2)19(22)20-10-14-4-6-17-18(9-14)27-11-26-17/h4-9,13,21H,10-11H2,1-3H3,(H,20,22). The summed E-state index contributed by atoms with van der Waals surface area (Å²) < 4.78 is 43.1. The van der Waals surface area contributed by atoms with E-state index >= 15 is 0 Å². The highest BCUT2D eigenvalue weighted by Crippen LogP contribution is 2.32. The Kier molecular flexibility index (Phi) is 5.76. The Morgan fingerprint density at radius 3 is 2.64 bits per heavy atom. The highest BCUT2D eigenvalue weighted by molar-refractivity contribution is 7.89. The first-order chi connectivity index (χ1) is 13.3. The second-order valence-corrected chi connectivity index (χ2v) is 8.09. The number of sulfonamides is 1. The Hall–Kier alpha value is -2.78. The maximum atomic E-state index is 12.5. The zero-order chi connectivity index (χ0) is 20.3. The Balaban J connectivity index is 1.60. The number of amides is 1. The molecule has 0 aliphatic carbocycles. The lowest BCUT2D eigenvalue weighted by Crippen LogP contribution is -2.44. The number of hydrogen-bond acceptors (Lipinski definition) is 6. The van der Waals surface area contributed by atoms with Crippen molar-refractivity contribution in [2.24, 2.45) is 0 Å². The molecule has 1 aliphatic rings. The van der Waals surface area contributed by atoms with Crippen molar-refractivity contribution in [3.63, 3.8) is 0 Å². The van der Waals surface area contributed by atoms with Gasteiger partial charge in [-0.1, -0.05) is 6.07 Å². The van der Waals surface area contributed by atoms with Crippen LogP contribution in [0.4, 0.5) is 0 Å². The third-order valence-electron chi connectivity index (χ3n) is 4.31. The summed E-state index contributed by atoms with van der Waals surface area (Å²) >= 11 is 0. The van der Waals surface area contributed by atoms with Gasteiger partial charge in [-0.2, -0.15) is 4.72 Å². The van der Waals surface area contributed by atoms with E-state index in [0.29, 0.717) is 22.8 Å². The summed E-state index contributed by atoms with van der Waals surface area (Å²) in [5, 5.41) is 2.71. The number of benzene rings is 2. The third-order valence-corrected chi connectivity index (χ3v) is 5.84. The van der Waals surface area contributed by atoms with Crippen molar-refractivity contribution in [1.82, 2.24) is 10.0 Å². The van der Waals surface area contributed by atoms with Crippen LogP contribution >= 0.6 is 0 Å². The van der Waals surface area contributed by atoms with Crippen LogP contribution in [-0.4, -0.2) is 34.3 Å². The van der Waals surface area contributed by atoms with E-state index in [1.54, 1.807) is 25.1 Å². The molecule has 1 heterocycles. The summed E-state index contributed by atoms with van der Waals surface area (Å²) in [4.78, 5) is 12.4. The Bertz CT molecular complexity index is 990. The molecule has 0 fully saturated rings. The SMILES string of the molecule is COc1ccc(S(=O)(=O)NC(C)C(=O)NCc2ccc3c(c2)OCO3)cc1C. The highest BCUT2D eigenvalue weighted by Gasteiger charge is 2.23. The quantitative estimate of drug-likeness (QED) is 0.726. The fraction of sp³-hybridized carbons (Fsp3) is 0.316. The first kappa shape index (κ1) is 20.0. The van der Waals surface area contributed by atoms with Crippen LogP contribution in [0.2, 0.25) is 0 Å². The van der Waals surface area contributed by atoms with E-state index in [1.807, 2.05) is 6.07 Å². The minimum atomic E-state index is -3.85. The van der Waals surface area contributed by atoms with Gasteiger partial charge in [0.2, 0.25) is 22.7 Å². The van der Waals surface area contributed by atoms with Gasteiger partial charge in [0.25, 0.3) is 0 Å². The number of ether oxygens (including phenoxy) is 3. The second kappa shape index (κ2) is 8.07. The number of methoxy groups -OCH3 is 1. The smallest absolute Gasteiger partial charge is 0.241 e. The molecule has 2 aromatic carbocycles. The predicted octanol–water partition coefficient (Wildman–Crippen LogP) is 1.72. The van der Waals surface area contributed by atoms with Crippen LogP contribution < -0.4 is 24.2 Å². The lowest BCUT2D eigenvalue weighted by molar-refractivity contribution is -0.122. The lowest BCUT2D eigenvalue weighted by atomic mass is 10.2. The van der Waals surface area contributed by atoms with Crippen LogP contribution in [0.15, 0.2) is 41.3 Å². The first-order valence-corrected chi connectivity index (χ1v) is 10.1. The van der Waals surface area contributed by atoms with Crippen molar-refractivity contribution in [1.29, 1.82) is 0 Å². The maximum Gasteiger partial charge on any atom is 0.241 e. The number of carbonyl (C=O) groups is 1. The summed E-state index contributed by atoms with van der Waals surface area (Å²) in [6.45, 7) is 3.65. The zero-order valence-corrected chi connectivity index (χ0v) is 16.6. The molecule has 0 bridgehead atoms. The predicted molar refractivity (Wildman–Crippen MR) is 102 cm³/mol. The summed E-state index contributed by atoms with van der Waals surface area (Å²) in [7, 11) is -2.33. The largest absolute Gasteiger partial charge is 0.496 e. The van der Waals surface area contributed by atoms with E-state index < -0.39 is 22.0 Å². The summed E-state index contributed by atoms with van der Waals surface area (Å²) in [5.41, 5.74) is 1.50. The average Bonchev–Trinajstić information content (AvgIpc) is 3.13. The van der Waals surface area contributed by atoms with Gasteiger partial charge in [0.05, 0.1) is 18.0 Å². The molecule has 28 heavy (non-hydrogen) atoms. The minimum Gasteiger partial charge on any atom is -0.496 e. The summed E-state index contributed by atoms with van der Waals surface area (Å²) in [5.74, 6) is 1.43. The molecule has 1 unspecified atom stereocenters. The van der Waals surface area contributed by atoms with E-state index in [-0.39, 0.29) is 18.2 Å². The van der Waals surface area contributed by atoms with E-state index in [4.69, 9.17) is 14.2 Å². The Morgan fingerprint density at radius 2 is 1.93 bits per heavy atom. The molecular formula is C19H22N2O6S. The molecule has 9 heteroatoms. The summed E-state index contributed by atoms with van der Waals surface area (Å²) in [6, 6.07) is 8.92. The number of nitrogens with one attached hydrogen (secondary N) is 2. The maximum absolute atomic E-state index is 12.5. The lowest BCUT2D eigenvalue weighted by Gasteiger charge is -2.15. The monoisotopic (exact) mass is 406 g/mol. The number of hydrogen-bond donors (Lipinski definition) is 2. The Morgan fingerprint density at radius 1 is 1.18 bits per heavy atom. The van der Waals surface area contributed by atoms with Crippen LogP contribution in [0.3, 0.4) is 0 Å². The highest BCUT2D eigenvalue weighted by atomic mass is 32.2. The molecule has 3 rings (SSSR count). The minimum absolute atomic E-state index is 0.0706. The van der Waals surface area contributed by atoms with Gasteiger partial charge in [0.15, 0.2) is 11.5 Å². The van der Waals surface area contributed by atoms with Gasteiger partial charge < -0.3 is 19.5 Å². The van der Waals surface area contributed by atoms with Crippen LogP contribution in [0, 0.1) is 6.92 Å². The van der Waals surface area contributed by atoms with Gasteiger partial charge in [0, 0.05) is 6.54 Å². The number of aryl methyl sites for hydroxylation is 1. The van der Waals surface area contributed by atoms with Crippen molar-refractivity contribution >= 4 is 15.9 Å². The van der Waals surface area contributed by atoms with Crippen molar-refractivity contribution in [2.75, 3.05) is 13.9 Å². The van der Waals surface area contributed by atoms with E-state index in [9.17, 15) is 13.2 Å². The van der Waals surface area contributed by atoms with E-state index in [1.165, 1.54) is 26.2 Å². The first-order valence-electron chi connectivity index (χ1n) is 8.63. The van der Waals surface area contributed by atoms with Crippen molar-refractivity contribution < 1.29 is 27.4 Å². The molecule has 1 amide bonds. The van der Waals surface area contributed by atoms with Crippen LogP contribution in [0.1, 0.15) is 18.1 Å². The Labute approximate surface area is 163 Å². The van der Waals surface area contributed by atoms with Crippen molar-refractivity contribution in [3.05, 3.63) is 47.5 Å². The topological polar surface area (TPSA) is 103 Å². The van der Waals surface area contributed by atoms with Gasteiger partial charge in [-0.15, -0.1) is 0 Å². The molecule has 0 saturated heterocycles. The molecule has 8 nitrogen and oxygen atoms in total. The van der Waals surface area contributed by atoms with Gasteiger partial charge >= 0.3 is 0 Å². The fourth-order valence-electron chi connectivity index (χ4n) is 2.77. The van der Waals surface area contributed by atoms with Gasteiger partial charge in [-0.25, -0.2) is 8.42 Å². The molecule has 0 aromatic heterocycles. The molecule has 0 radical (unpaired) electrons. The van der Waals surface area contributed by atoms with Gasteiger partial charge in [0.1, 0.15) is 5.75 Å². The molecule has 1 atom stereocenters. The molecule has 0 saturated carbocycles. The van der Waals surface area contributed by atoms with Crippen molar-refractivity contribution in [2.45, 2.75) is 31.3 Å². The van der Waals surface area contributed by atoms with E-state index in [2.05, 4.69) is 10.0 Å². The molecule has 2 aromatic rings. The zero-order valence-electron chi connectivity index (χ0n) is 15.8. The summed E-state index contributed by atoms with van der Waals surface area (Å²) in [6.07, 6.45) is 0. The van der Waals surface area contributed by atoms with Gasteiger partial charge in [-0.05, 0) is 55.3 Å². The average molecular weight is 406 g/mol. The fourth-order valence-corrected chi connectivity index (χ4v) is 4.05. The molecule has 2 N–H and O–H groups in total.